The highest BCUT2D eigenvalue weighted by Gasteiger charge is 2.20. The van der Waals surface area contributed by atoms with Gasteiger partial charge < -0.3 is 15.0 Å². The third-order valence-electron chi connectivity index (χ3n) is 5.04. The molecule has 3 rings (SSSR count). The van der Waals surface area contributed by atoms with Crippen LogP contribution in [-0.4, -0.2) is 55.7 Å². The predicted octanol–water partition coefficient (Wildman–Crippen LogP) is 3.07. The van der Waals surface area contributed by atoms with Crippen LogP contribution in [0.25, 0.3) is 0 Å². The van der Waals surface area contributed by atoms with E-state index in [0.29, 0.717) is 6.54 Å². The zero-order valence-corrected chi connectivity index (χ0v) is 16.3. The number of ether oxygens (including phenoxy) is 1. The number of amides is 2. The molecule has 0 saturated carbocycles. The van der Waals surface area contributed by atoms with Gasteiger partial charge in [0.15, 0.2) is 0 Å². The fourth-order valence-corrected chi connectivity index (χ4v) is 3.28. The molecule has 5 heteroatoms. The van der Waals surface area contributed by atoms with E-state index in [-0.39, 0.29) is 6.03 Å². The molecule has 27 heavy (non-hydrogen) atoms. The fourth-order valence-electron chi connectivity index (χ4n) is 3.28. The van der Waals surface area contributed by atoms with Crippen LogP contribution in [0.1, 0.15) is 16.7 Å². The van der Waals surface area contributed by atoms with Crippen molar-refractivity contribution in [3.63, 3.8) is 0 Å². The number of aryl methyl sites for hydroxylation is 1. The molecule has 1 N–H and O–H groups in total. The lowest BCUT2D eigenvalue weighted by Gasteiger charge is -2.34. The van der Waals surface area contributed by atoms with Crippen LogP contribution in [0.4, 0.5) is 4.79 Å². The van der Waals surface area contributed by atoms with Gasteiger partial charge in [-0.25, -0.2) is 4.79 Å². The van der Waals surface area contributed by atoms with Gasteiger partial charge in [0.25, 0.3) is 0 Å². The Balaban J connectivity index is 1.37. The van der Waals surface area contributed by atoms with E-state index in [4.69, 9.17) is 4.74 Å². The third-order valence-corrected chi connectivity index (χ3v) is 5.04. The van der Waals surface area contributed by atoms with E-state index < -0.39 is 0 Å². The van der Waals surface area contributed by atoms with Crippen LogP contribution in [0.3, 0.4) is 0 Å². The molecule has 0 aromatic heterocycles. The van der Waals surface area contributed by atoms with Crippen molar-refractivity contribution in [3.05, 3.63) is 65.2 Å². The number of methoxy groups -OCH3 is 1. The highest BCUT2D eigenvalue weighted by Crippen LogP contribution is 2.12. The molecule has 1 saturated heterocycles. The Bertz CT molecular complexity index is 720. The summed E-state index contributed by atoms with van der Waals surface area (Å²) < 4.78 is 5.16. The van der Waals surface area contributed by atoms with Crippen LogP contribution in [0.2, 0.25) is 0 Å². The van der Waals surface area contributed by atoms with Crippen molar-refractivity contribution in [2.45, 2.75) is 19.9 Å². The zero-order chi connectivity index (χ0) is 19.1. The summed E-state index contributed by atoms with van der Waals surface area (Å²) in [5.41, 5.74) is 3.81. The van der Waals surface area contributed by atoms with Crippen molar-refractivity contribution >= 4 is 6.03 Å². The molecular weight excluding hydrogens is 338 g/mol. The summed E-state index contributed by atoms with van der Waals surface area (Å²) in [5, 5.41) is 3.04. The molecule has 144 valence electrons. The van der Waals surface area contributed by atoms with E-state index in [0.717, 1.165) is 44.9 Å². The fraction of sp³-hybridized carbons (Fsp3) is 0.409. The number of carbonyl (C=O) groups excluding carboxylic acids is 1. The highest BCUT2D eigenvalue weighted by atomic mass is 16.5. The van der Waals surface area contributed by atoms with Crippen LogP contribution >= 0.6 is 0 Å². The molecule has 0 unspecified atom stereocenters. The standard InChI is InChI=1S/C22H29N3O2/c1-18-3-5-20(6-4-18)17-24-13-15-25(16-14-24)22(26)23-12-11-19-7-9-21(27-2)10-8-19/h3-10H,11-17H2,1-2H3,(H,23,26). The average Bonchev–Trinajstić information content (AvgIpc) is 2.71. The number of urea groups is 1. The van der Waals surface area contributed by atoms with Gasteiger partial charge in [-0.05, 0) is 36.6 Å². The van der Waals surface area contributed by atoms with Gasteiger partial charge in [0.05, 0.1) is 7.11 Å². The van der Waals surface area contributed by atoms with Crippen molar-refractivity contribution in [1.82, 2.24) is 15.1 Å². The average molecular weight is 367 g/mol. The summed E-state index contributed by atoms with van der Waals surface area (Å²) in [5.74, 6) is 0.853. The minimum absolute atomic E-state index is 0.0403. The van der Waals surface area contributed by atoms with Gasteiger partial charge >= 0.3 is 6.03 Å². The van der Waals surface area contributed by atoms with Crippen molar-refractivity contribution in [3.8, 4) is 5.75 Å². The Labute approximate surface area is 161 Å². The van der Waals surface area contributed by atoms with E-state index in [2.05, 4.69) is 41.4 Å². The summed E-state index contributed by atoms with van der Waals surface area (Å²) in [6.07, 6.45) is 0.823. The molecule has 2 amide bonds. The Kier molecular flexibility index (Phi) is 6.71. The predicted molar refractivity (Wildman–Crippen MR) is 108 cm³/mol. The van der Waals surface area contributed by atoms with Gasteiger partial charge in [-0.15, -0.1) is 0 Å². The van der Waals surface area contributed by atoms with Crippen LogP contribution in [0, 0.1) is 6.92 Å². The van der Waals surface area contributed by atoms with Gasteiger partial charge in [-0.1, -0.05) is 42.0 Å². The molecule has 0 bridgehead atoms. The summed E-state index contributed by atoms with van der Waals surface area (Å²) in [7, 11) is 1.66. The maximum Gasteiger partial charge on any atom is 0.317 e. The van der Waals surface area contributed by atoms with Crippen molar-refractivity contribution in [1.29, 1.82) is 0 Å². The second kappa shape index (κ2) is 9.42. The van der Waals surface area contributed by atoms with Crippen LogP contribution < -0.4 is 10.1 Å². The minimum Gasteiger partial charge on any atom is -0.497 e. The molecule has 5 nitrogen and oxygen atoms in total. The van der Waals surface area contributed by atoms with E-state index in [9.17, 15) is 4.79 Å². The second-order valence-corrected chi connectivity index (χ2v) is 7.08. The monoisotopic (exact) mass is 367 g/mol. The van der Waals surface area contributed by atoms with Gasteiger partial charge in [0.2, 0.25) is 0 Å². The van der Waals surface area contributed by atoms with E-state index in [1.165, 1.54) is 16.7 Å². The molecule has 0 atom stereocenters. The number of carbonyl (C=O) groups is 1. The molecule has 1 aliphatic heterocycles. The normalized spacial score (nSPS) is 14.8. The summed E-state index contributed by atoms with van der Waals surface area (Å²) in [4.78, 5) is 16.7. The number of rotatable bonds is 6. The lowest BCUT2D eigenvalue weighted by molar-refractivity contribution is 0.135. The van der Waals surface area contributed by atoms with Gasteiger partial charge in [-0.3, -0.25) is 4.90 Å². The first-order valence-corrected chi connectivity index (χ1v) is 9.57. The van der Waals surface area contributed by atoms with Crippen LogP contribution in [-0.2, 0) is 13.0 Å². The summed E-state index contributed by atoms with van der Waals surface area (Å²) in [6.45, 7) is 7.10. The Morgan fingerprint density at radius 3 is 2.22 bits per heavy atom. The van der Waals surface area contributed by atoms with Crippen molar-refractivity contribution < 1.29 is 9.53 Å². The lowest BCUT2D eigenvalue weighted by Crippen LogP contribution is -2.51. The molecule has 1 heterocycles. The van der Waals surface area contributed by atoms with E-state index in [1.54, 1.807) is 7.11 Å². The first-order valence-electron chi connectivity index (χ1n) is 9.57. The molecule has 2 aromatic rings. The molecule has 0 radical (unpaired) electrons. The topological polar surface area (TPSA) is 44.8 Å². The molecule has 0 aliphatic carbocycles. The summed E-state index contributed by atoms with van der Waals surface area (Å²) in [6, 6.07) is 16.7. The van der Waals surface area contributed by atoms with Gasteiger partial charge in [0, 0.05) is 39.3 Å². The van der Waals surface area contributed by atoms with E-state index >= 15 is 0 Å². The Morgan fingerprint density at radius 1 is 0.963 bits per heavy atom. The van der Waals surface area contributed by atoms with Gasteiger partial charge in [-0.2, -0.15) is 0 Å². The number of hydrogen-bond donors (Lipinski definition) is 1. The number of nitrogens with zero attached hydrogens (tertiary/aromatic N) is 2. The number of piperazine rings is 1. The van der Waals surface area contributed by atoms with Crippen molar-refractivity contribution in [2.75, 3.05) is 39.8 Å². The second-order valence-electron chi connectivity index (χ2n) is 7.08. The Morgan fingerprint density at radius 2 is 1.59 bits per heavy atom. The molecule has 0 spiro atoms. The molecule has 2 aromatic carbocycles. The first-order chi connectivity index (χ1) is 13.1. The SMILES string of the molecule is COc1ccc(CCNC(=O)N2CCN(Cc3ccc(C)cc3)CC2)cc1. The lowest BCUT2D eigenvalue weighted by atomic mass is 10.1. The summed E-state index contributed by atoms with van der Waals surface area (Å²) >= 11 is 0. The first kappa shape index (κ1) is 19.2. The van der Waals surface area contributed by atoms with Crippen LogP contribution in [0.15, 0.2) is 48.5 Å². The molecular formula is C22H29N3O2. The number of hydrogen-bond acceptors (Lipinski definition) is 3. The Hall–Kier alpha value is -2.53. The van der Waals surface area contributed by atoms with Gasteiger partial charge in [0.1, 0.15) is 5.75 Å². The smallest absolute Gasteiger partial charge is 0.317 e. The quantitative estimate of drug-likeness (QED) is 0.853. The molecule has 1 fully saturated rings. The molecule has 1 aliphatic rings. The van der Waals surface area contributed by atoms with E-state index in [1.807, 2.05) is 29.2 Å². The minimum atomic E-state index is 0.0403. The highest BCUT2D eigenvalue weighted by molar-refractivity contribution is 5.74. The van der Waals surface area contributed by atoms with Crippen LogP contribution in [0.5, 0.6) is 5.75 Å². The maximum absolute atomic E-state index is 12.4. The van der Waals surface area contributed by atoms with Crippen molar-refractivity contribution in [2.24, 2.45) is 0 Å². The number of nitrogens with one attached hydrogen (secondary N) is 1. The third kappa shape index (κ3) is 5.73. The number of benzene rings is 2. The zero-order valence-electron chi connectivity index (χ0n) is 16.3. The largest absolute Gasteiger partial charge is 0.497 e. The maximum atomic E-state index is 12.4.